The second-order valence-electron chi connectivity index (χ2n) is 9.48. The third-order valence-corrected chi connectivity index (χ3v) is 7.83. The number of ether oxygens (including phenoxy) is 1. The number of halogens is 5. The smallest absolute Gasteiger partial charge is 0.388 e. The fourth-order valence-corrected chi connectivity index (χ4v) is 5.53. The number of aliphatic hydroxyl groups is 1. The quantitative estimate of drug-likeness (QED) is 0.406. The lowest BCUT2D eigenvalue weighted by Crippen LogP contribution is -2.42. The summed E-state index contributed by atoms with van der Waals surface area (Å²) in [4.78, 5) is 36.0. The average molecular weight is 578 g/mol. The second kappa shape index (κ2) is 11.7. The second-order valence-corrected chi connectivity index (χ2v) is 10.5. The van der Waals surface area contributed by atoms with Gasteiger partial charge in [-0.25, -0.2) is 18.7 Å². The molecule has 2 saturated heterocycles. The summed E-state index contributed by atoms with van der Waals surface area (Å²) >= 11 is 0.687. The van der Waals surface area contributed by atoms with Crippen molar-refractivity contribution in [3.05, 3.63) is 28.5 Å². The first-order valence-electron chi connectivity index (χ1n) is 12.4. The topological polar surface area (TPSA) is 117 Å². The minimum Gasteiger partial charge on any atom is -0.388 e. The summed E-state index contributed by atoms with van der Waals surface area (Å²) in [5.74, 6) is -1.69. The highest BCUT2D eigenvalue weighted by Gasteiger charge is 2.39. The molecule has 15 heteroatoms. The lowest BCUT2D eigenvalue weighted by molar-refractivity contribution is -0.142. The van der Waals surface area contributed by atoms with Crippen molar-refractivity contribution in [2.75, 3.05) is 25.1 Å². The van der Waals surface area contributed by atoms with Crippen molar-refractivity contribution in [1.29, 1.82) is 0 Å². The van der Waals surface area contributed by atoms with E-state index in [-0.39, 0.29) is 46.8 Å². The van der Waals surface area contributed by atoms with E-state index in [1.54, 1.807) is 0 Å². The predicted molar refractivity (Wildman–Crippen MR) is 132 cm³/mol. The van der Waals surface area contributed by atoms with Crippen molar-refractivity contribution >= 4 is 29.0 Å². The molecule has 2 amide bonds. The molecule has 0 saturated carbocycles. The van der Waals surface area contributed by atoms with Crippen LogP contribution in [0.25, 0.3) is 10.4 Å². The maximum absolute atomic E-state index is 14.2. The van der Waals surface area contributed by atoms with E-state index in [0.717, 1.165) is 25.1 Å². The fourth-order valence-electron chi connectivity index (χ4n) is 4.54. The molecule has 2 aromatic heterocycles. The number of aromatic nitrogens is 2. The summed E-state index contributed by atoms with van der Waals surface area (Å²) in [6, 6.07) is -2.04. The molecule has 0 spiro atoms. The Kier molecular flexibility index (Phi) is 8.71. The van der Waals surface area contributed by atoms with Gasteiger partial charge >= 0.3 is 6.18 Å². The van der Waals surface area contributed by atoms with Crippen LogP contribution < -0.4 is 10.6 Å². The number of nitrogens with one attached hydrogen (secondary N) is 2. The van der Waals surface area contributed by atoms with Crippen molar-refractivity contribution in [1.82, 2.24) is 20.2 Å². The Labute approximate surface area is 224 Å². The highest BCUT2D eigenvalue weighted by molar-refractivity contribution is 7.17. The fraction of sp³-hybridized carbons (Fsp3) is 0.583. The number of likely N-dealkylation sites (tertiary alicyclic amines) is 1. The molecule has 39 heavy (non-hydrogen) atoms. The number of aliphatic hydroxyl groups excluding tert-OH is 1. The van der Waals surface area contributed by atoms with Gasteiger partial charge in [0.1, 0.15) is 17.6 Å². The number of carbonyl (C=O) groups excluding carboxylic acids is 2. The largest absolute Gasteiger partial charge is 0.408 e. The minimum absolute atomic E-state index is 0.0294. The summed E-state index contributed by atoms with van der Waals surface area (Å²) in [5, 5.41) is 14.5. The first kappa shape index (κ1) is 29.1. The number of nitrogens with zero attached hydrogens (tertiary/aromatic N) is 3. The Morgan fingerprint density at radius 3 is 2.62 bits per heavy atom. The summed E-state index contributed by atoms with van der Waals surface area (Å²) in [5.41, 5.74) is -1.11. The first-order valence-corrected chi connectivity index (χ1v) is 13.2. The summed E-state index contributed by atoms with van der Waals surface area (Å²) < 4.78 is 73.2. The molecule has 0 aromatic carbocycles. The van der Waals surface area contributed by atoms with Gasteiger partial charge in [0, 0.05) is 29.9 Å². The number of thiazole rings is 1. The van der Waals surface area contributed by atoms with Crippen molar-refractivity contribution in [3.8, 4) is 10.4 Å². The molecule has 0 bridgehead atoms. The summed E-state index contributed by atoms with van der Waals surface area (Å²) in [6.07, 6.45) is -6.61. The van der Waals surface area contributed by atoms with Crippen LogP contribution in [-0.4, -0.2) is 82.0 Å². The Hall–Kier alpha value is -2.91. The third-order valence-electron chi connectivity index (χ3n) is 6.75. The number of hydrogen-bond acceptors (Lipinski definition) is 8. The number of pyridine rings is 1. The zero-order valence-corrected chi connectivity index (χ0v) is 21.9. The molecular formula is C24H28F5N5O4S. The normalized spacial score (nSPS) is 22.4. The third kappa shape index (κ3) is 6.30. The van der Waals surface area contributed by atoms with Gasteiger partial charge in [0.25, 0.3) is 18.2 Å². The average Bonchev–Trinajstić information content (AvgIpc) is 3.61. The van der Waals surface area contributed by atoms with Crippen LogP contribution in [0.4, 0.5) is 27.8 Å². The van der Waals surface area contributed by atoms with Crippen LogP contribution in [0.5, 0.6) is 0 Å². The van der Waals surface area contributed by atoms with Gasteiger partial charge in [-0.2, -0.15) is 13.2 Å². The molecule has 0 radical (unpaired) electrons. The molecule has 2 aromatic rings. The monoisotopic (exact) mass is 577 g/mol. The zero-order valence-electron chi connectivity index (χ0n) is 21.1. The van der Waals surface area contributed by atoms with Crippen LogP contribution in [0, 0.1) is 0 Å². The van der Waals surface area contributed by atoms with E-state index in [4.69, 9.17) is 4.74 Å². The molecule has 214 valence electrons. The number of amides is 2. The molecule has 2 aliphatic rings. The minimum atomic E-state index is -4.62. The maximum atomic E-state index is 14.2. The SMILES string of the molecule is CC[C@@H](Nc1cc(C(F)F)c(-c2sc(C(=O)N[C@H]3COC[C@@H]3O)nc2C(=O)N2CCC[C@@H]2C)cn1)C(F)(F)F. The van der Waals surface area contributed by atoms with E-state index in [1.165, 1.54) is 11.8 Å². The molecule has 4 heterocycles. The zero-order chi connectivity index (χ0) is 28.5. The van der Waals surface area contributed by atoms with Gasteiger partial charge in [-0.3, -0.25) is 9.59 Å². The first-order chi connectivity index (χ1) is 18.4. The molecule has 9 nitrogen and oxygen atoms in total. The molecule has 2 fully saturated rings. The van der Waals surface area contributed by atoms with E-state index in [2.05, 4.69) is 20.6 Å². The molecule has 2 aliphatic heterocycles. The molecular weight excluding hydrogens is 549 g/mol. The van der Waals surface area contributed by atoms with E-state index >= 15 is 0 Å². The van der Waals surface area contributed by atoms with Gasteiger partial charge in [-0.15, -0.1) is 11.3 Å². The Morgan fingerprint density at radius 2 is 2.05 bits per heavy atom. The van der Waals surface area contributed by atoms with Crippen LogP contribution in [-0.2, 0) is 4.74 Å². The van der Waals surface area contributed by atoms with Crippen LogP contribution >= 0.6 is 11.3 Å². The van der Waals surface area contributed by atoms with Gasteiger partial charge < -0.3 is 25.4 Å². The van der Waals surface area contributed by atoms with Crippen LogP contribution in [0.2, 0.25) is 0 Å². The number of anilines is 1. The molecule has 0 unspecified atom stereocenters. The number of hydrogen-bond donors (Lipinski definition) is 3. The van der Waals surface area contributed by atoms with Crippen LogP contribution in [0.3, 0.4) is 0 Å². The van der Waals surface area contributed by atoms with E-state index in [1.807, 2.05) is 6.92 Å². The maximum Gasteiger partial charge on any atom is 0.408 e. The van der Waals surface area contributed by atoms with Crippen molar-refractivity contribution in [2.24, 2.45) is 0 Å². The highest BCUT2D eigenvalue weighted by atomic mass is 32.1. The number of carbonyl (C=O) groups is 2. The van der Waals surface area contributed by atoms with Gasteiger partial charge in [0.15, 0.2) is 5.01 Å². The van der Waals surface area contributed by atoms with Crippen LogP contribution in [0.1, 0.15) is 65.4 Å². The van der Waals surface area contributed by atoms with Crippen molar-refractivity contribution < 1.29 is 41.4 Å². The molecule has 4 rings (SSSR count). The number of rotatable bonds is 8. The predicted octanol–water partition coefficient (Wildman–Crippen LogP) is 4.01. The molecule has 4 atom stereocenters. The highest BCUT2D eigenvalue weighted by Crippen LogP contribution is 2.39. The Morgan fingerprint density at radius 1 is 1.31 bits per heavy atom. The Bertz CT molecular complexity index is 1210. The van der Waals surface area contributed by atoms with E-state index in [0.29, 0.717) is 17.9 Å². The Balaban J connectivity index is 1.74. The lowest BCUT2D eigenvalue weighted by atomic mass is 10.1. The van der Waals surface area contributed by atoms with E-state index < -0.39 is 54.0 Å². The number of alkyl halides is 5. The molecule has 0 aliphatic carbocycles. The van der Waals surface area contributed by atoms with E-state index in [9.17, 15) is 36.6 Å². The van der Waals surface area contributed by atoms with Crippen molar-refractivity contribution in [2.45, 2.75) is 69.9 Å². The lowest BCUT2D eigenvalue weighted by Gasteiger charge is -2.22. The standard InChI is InChI=1S/C24H28F5N5O4S/c1-3-16(24(27,28)29)32-17-7-12(20(25)26)13(8-30-17)19-18(23(37)34-6-4-5-11(34)2)33-22(39-19)21(36)31-14-9-38-10-15(14)35/h7-8,11,14-16,20,35H,3-6,9-10H2,1-2H3,(H,30,32)(H,31,36)/t11-,14-,15-,16+/m0/s1. The van der Waals surface area contributed by atoms with Gasteiger partial charge in [0.2, 0.25) is 0 Å². The van der Waals surface area contributed by atoms with Gasteiger partial charge in [0.05, 0.1) is 30.2 Å². The van der Waals surface area contributed by atoms with Crippen molar-refractivity contribution in [3.63, 3.8) is 0 Å². The summed E-state index contributed by atoms with van der Waals surface area (Å²) in [6.45, 7) is 3.64. The molecule has 3 N–H and O–H groups in total. The summed E-state index contributed by atoms with van der Waals surface area (Å²) in [7, 11) is 0. The van der Waals surface area contributed by atoms with Crippen LogP contribution in [0.15, 0.2) is 12.3 Å². The van der Waals surface area contributed by atoms with Gasteiger partial charge in [-0.1, -0.05) is 6.92 Å². The van der Waals surface area contributed by atoms with Gasteiger partial charge in [-0.05, 0) is 32.3 Å².